The number of nitrogens with one attached hydrogen (secondary N) is 1. The molecule has 2 N–H and O–H groups in total. The van der Waals surface area contributed by atoms with Gasteiger partial charge in [0.15, 0.2) is 0 Å². The summed E-state index contributed by atoms with van der Waals surface area (Å²) in [5.74, 6) is -0.645. The normalized spacial score (nSPS) is 10.1. The Balaban J connectivity index is 1.77. The third-order valence-corrected chi connectivity index (χ3v) is 3.82. The first-order valence-electron chi connectivity index (χ1n) is 6.42. The molecule has 0 spiro atoms. The first kappa shape index (κ1) is 15.1. The lowest BCUT2D eigenvalue weighted by Gasteiger charge is -2.06. The van der Waals surface area contributed by atoms with Crippen LogP contribution in [0.1, 0.15) is 15.9 Å². The van der Waals surface area contributed by atoms with E-state index >= 15 is 0 Å². The van der Waals surface area contributed by atoms with Crippen LogP contribution in [0.15, 0.2) is 59.5 Å². The molecule has 0 aliphatic carbocycles. The number of carbonyl (C=O) groups excluding carboxylic acids is 1. The Bertz CT molecular complexity index is 611. The van der Waals surface area contributed by atoms with Crippen LogP contribution in [0, 0.1) is 0 Å². The second-order valence-electron chi connectivity index (χ2n) is 4.38. The highest BCUT2D eigenvalue weighted by Gasteiger charge is 2.04. The summed E-state index contributed by atoms with van der Waals surface area (Å²) in [6.45, 7) is 0.397. The number of carboxylic acids is 1. The van der Waals surface area contributed by atoms with Gasteiger partial charge in [-0.25, -0.2) is 4.79 Å². The van der Waals surface area contributed by atoms with Crippen molar-refractivity contribution < 1.29 is 14.7 Å². The number of thioether (sulfide) groups is 1. The van der Waals surface area contributed by atoms with Gasteiger partial charge in [-0.05, 0) is 29.8 Å². The smallest absolute Gasteiger partial charge is 0.335 e. The van der Waals surface area contributed by atoms with Crippen molar-refractivity contribution in [2.75, 3.05) is 5.75 Å². The first-order valence-corrected chi connectivity index (χ1v) is 7.40. The van der Waals surface area contributed by atoms with Crippen LogP contribution >= 0.6 is 11.8 Å². The number of carboxylic acid groups (broad SMARTS) is 1. The minimum atomic E-state index is -0.954. The molecule has 0 atom stereocenters. The molecular formula is C16H15NO3S. The number of hydrogen-bond donors (Lipinski definition) is 2. The van der Waals surface area contributed by atoms with E-state index in [1.807, 2.05) is 30.3 Å². The third-order valence-electron chi connectivity index (χ3n) is 2.80. The average molecular weight is 301 g/mol. The number of carbonyl (C=O) groups is 2. The highest BCUT2D eigenvalue weighted by atomic mass is 32.2. The second-order valence-corrected chi connectivity index (χ2v) is 5.43. The number of benzene rings is 2. The molecule has 0 heterocycles. The topological polar surface area (TPSA) is 66.4 Å². The van der Waals surface area contributed by atoms with Crippen molar-refractivity contribution in [1.29, 1.82) is 0 Å². The average Bonchev–Trinajstić information content (AvgIpc) is 2.52. The summed E-state index contributed by atoms with van der Waals surface area (Å²) in [4.78, 5) is 23.5. The maximum atomic E-state index is 11.7. The van der Waals surface area contributed by atoms with Gasteiger partial charge in [-0.1, -0.05) is 30.3 Å². The molecule has 0 saturated carbocycles. The molecule has 0 aliphatic rings. The number of hydrogen-bond acceptors (Lipinski definition) is 3. The molecule has 0 saturated heterocycles. The summed E-state index contributed by atoms with van der Waals surface area (Å²) in [6, 6.07) is 16.2. The summed E-state index contributed by atoms with van der Waals surface area (Å²) in [5, 5.41) is 11.6. The summed E-state index contributed by atoms with van der Waals surface area (Å²) in [7, 11) is 0. The monoisotopic (exact) mass is 301 g/mol. The Morgan fingerprint density at radius 2 is 1.67 bits per heavy atom. The molecule has 0 bridgehead atoms. The zero-order valence-electron chi connectivity index (χ0n) is 11.3. The van der Waals surface area contributed by atoms with E-state index in [4.69, 9.17) is 5.11 Å². The van der Waals surface area contributed by atoms with E-state index in [9.17, 15) is 9.59 Å². The van der Waals surface area contributed by atoms with Gasteiger partial charge in [0.2, 0.25) is 5.91 Å². The highest BCUT2D eigenvalue weighted by Crippen LogP contribution is 2.16. The van der Waals surface area contributed by atoms with Gasteiger partial charge >= 0.3 is 5.97 Å². The van der Waals surface area contributed by atoms with Gasteiger partial charge in [-0.15, -0.1) is 11.8 Å². The Kier molecular flexibility index (Phi) is 5.40. The molecule has 0 unspecified atom stereocenters. The maximum Gasteiger partial charge on any atom is 0.335 e. The molecule has 108 valence electrons. The molecule has 5 heteroatoms. The van der Waals surface area contributed by atoms with E-state index in [0.717, 1.165) is 10.5 Å². The van der Waals surface area contributed by atoms with Crippen molar-refractivity contribution in [2.24, 2.45) is 0 Å². The van der Waals surface area contributed by atoms with Crippen LogP contribution in [0.3, 0.4) is 0 Å². The van der Waals surface area contributed by atoms with Crippen molar-refractivity contribution >= 4 is 23.6 Å². The lowest BCUT2D eigenvalue weighted by Crippen LogP contribution is -2.24. The van der Waals surface area contributed by atoms with Crippen molar-refractivity contribution in [3.8, 4) is 0 Å². The highest BCUT2D eigenvalue weighted by molar-refractivity contribution is 8.00. The molecule has 2 aromatic rings. The van der Waals surface area contributed by atoms with Gasteiger partial charge in [-0.2, -0.15) is 0 Å². The molecule has 0 aromatic heterocycles. The molecule has 2 aromatic carbocycles. The molecule has 2 rings (SSSR count). The number of aromatic carboxylic acids is 1. The van der Waals surface area contributed by atoms with Gasteiger partial charge in [0.05, 0.1) is 11.3 Å². The van der Waals surface area contributed by atoms with E-state index in [0.29, 0.717) is 12.3 Å². The Hall–Kier alpha value is -2.27. The lowest BCUT2D eigenvalue weighted by atomic mass is 10.1. The van der Waals surface area contributed by atoms with Crippen molar-refractivity contribution in [3.63, 3.8) is 0 Å². The van der Waals surface area contributed by atoms with E-state index in [2.05, 4.69) is 5.32 Å². The molecule has 0 fully saturated rings. The standard InChI is InChI=1S/C16H15NO3S/c18-15(11-21-14-4-2-1-3-5-14)17-10-12-6-8-13(9-7-12)16(19)20/h1-9H,10-11H2,(H,17,18)(H,19,20). The lowest BCUT2D eigenvalue weighted by molar-refractivity contribution is -0.118. The van der Waals surface area contributed by atoms with Crippen LogP contribution < -0.4 is 5.32 Å². The summed E-state index contributed by atoms with van der Waals surface area (Å²) in [5.41, 5.74) is 1.11. The zero-order valence-corrected chi connectivity index (χ0v) is 12.1. The summed E-state index contributed by atoms with van der Waals surface area (Å²) >= 11 is 1.48. The van der Waals surface area contributed by atoms with Crippen molar-refractivity contribution in [2.45, 2.75) is 11.4 Å². The van der Waals surface area contributed by atoms with E-state index < -0.39 is 5.97 Å². The summed E-state index contributed by atoms with van der Waals surface area (Å²) in [6.07, 6.45) is 0. The molecule has 0 radical (unpaired) electrons. The van der Waals surface area contributed by atoms with E-state index in [1.165, 1.54) is 23.9 Å². The molecule has 1 amide bonds. The fraction of sp³-hybridized carbons (Fsp3) is 0.125. The molecular weight excluding hydrogens is 286 g/mol. The SMILES string of the molecule is O=C(CSc1ccccc1)NCc1ccc(C(=O)O)cc1. The molecule has 4 nitrogen and oxygen atoms in total. The Morgan fingerprint density at radius 1 is 1.00 bits per heavy atom. The third kappa shape index (κ3) is 4.96. The fourth-order valence-corrected chi connectivity index (χ4v) is 2.43. The van der Waals surface area contributed by atoms with Gasteiger partial charge in [0, 0.05) is 11.4 Å². The predicted octanol–water partition coefficient (Wildman–Crippen LogP) is 2.79. The van der Waals surface area contributed by atoms with Crippen LogP contribution in [-0.2, 0) is 11.3 Å². The van der Waals surface area contributed by atoms with Gasteiger partial charge in [-0.3, -0.25) is 4.79 Å². The zero-order chi connectivity index (χ0) is 15.1. The first-order chi connectivity index (χ1) is 10.1. The maximum absolute atomic E-state index is 11.7. The minimum absolute atomic E-state index is 0.0498. The number of amides is 1. The number of rotatable bonds is 6. The van der Waals surface area contributed by atoms with Gasteiger partial charge in [0.25, 0.3) is 0 Å². The minimum Gasteiger partial charge on any atom is -0.478 e. The predicted molar refractivity (Wildman–Crippen MR) is 82.4 cm³/mol. The molecule has 0 aliphatic heterocycles. The molecule has 21 heavy (non-hydrogen) atoms. The second kappa shape index (κ2) is 7.50. The van der Waals surface area contributed by atoms with E-state index in [1.54, 1.807) is 12.1 Å². The van der Waals surface area contributed by atoms with Crippen LogP contribution in [0.2, 0.25) is 0 Å². The van der Waals surface area contributed by atoms with Crippen LogP contribution in [0.5, 0.6) is 0 Å². The Labute approximate surface area is 127 Å². The van der Waals surface area contributed by atoms with Crippen molar-refractivity contribution in [1.82, 2.24) is 5.32 Å². The van der Waals surface area contributed by atoms with Crippen LogP contribution in [0.4, 0.5) is 0 Å². The van der Waals surface area contributed by atoms with Gasteiger partial charge < -0.3 is 10.4 Å². The quantitative estimate of drug-likeness (QED) is 0.805. The van der Waals surface area contributed by atoms with E-state index in [-0.39, 0.29) is 11.5 Å². The fourth-order valence-electron chi connectivity index (χ4n) is 1.68. The largest absolute Gasteiger partial charge is 0.478 e. The van der Waals surface area contributed by atoms with Crippen LogP contribution in [0.25, 0.3) is 0 Å². The van der Waals surface area contributed by atoms with Crippen LogP contribution in [-0.4, -0.2) is 22.7 Å². The Morgan fingerprint density at radius 3 is 2.29 bits per heavy atom. The van der Waals surface area contributed by atoms with Crippen molar-refractivity contribution in [3.05, 3.63) is 65.7 Å². The van der Waals surface area contributed by atoms with Gasteiger partial charge in [0.1, 0.15) is 0 Å². The summed E-state index contributed by atoms with van der Waals surface area (Å²) < 4.78 is 0.